The highest BCUT2D eigenvalue weighted by Crippen LogP contribution is 2.28. The van der Waals surface area contributed by atoms with E-state index in [1.807, 2.05) is 53.2 Å². The molecule has 6 nitrogen and oxygen atoms in total. The first-order valence-corrected chi connectivity index (χ1v) is 11.2. The Morgan fingerprint density at radius 3 is 2.64 bits per heavy atom. The molecule has 1 fully saturated rings. The first kappa shape index (κ1) is 21.0. The van der Waals surface area contributed by atoms with E-state index in [0.717, 1.165) is 59.4 Å². The number of aromatic nitrogens is 3. The van der Waals surface area contributed by atoms with Crippen molar-refractivity contribution in [2.75, 3.05) is 12.4 Å². The number of benzene rings is 2. The molecule has 33 heavy (non-hydrogen) atoms. The minimum atomic E-state index is -0.857. The molecule has 2 heterocycles. The molecule has 6 heteroatoms. The number of fused-ring (bicyclic) bond motifs is 1. The molecule has 0 saturated heterocycles. The third kappa shape index (κ3) is 4.69. The summed E-state index contributed by atoms with van der Waals surface area (Å²) in [5, 5.41) is 15.0. The van der Waals surface area contributed by atoms with Crippen molar-refractivity contribution < 1.29 is 9.84 Å². The van der Waals surface area contributed by atoms with Crippen LogP contribution >= 0.6 is 0 Å². The van der Waals surface area contributed by atoms with Gasteiger partial charge in [-0.25, -0.2) is 4.98 Å². The molecule has 4 aromatic rings. The van der Waals surface area contributed by atoms with Crippen molar-refractivity contribution in [3.63, 3.8) is 0 Å². The van der Waals surface area contributed by atoms with E-state index in [1.54, 1.807) is 13.3 Å². The maximum atomic E-state index is 10.7. The molecule has 0 spiro atoms. The Morgan fingerprint density at radius 2 is 1.85 bits per heavy atom. The molecule has 5 rings (SSSR count). The van der Waals surface area contributed by atoms with Gasteiger partial charge in [0, 0.05) is 29.0 Å². The molecule has 0 bridgehead atoms. The fraction of sp³-hybridized carbons (Fsp3) is 0.259. The second-order valence-electron chi connectivity index (χ2n) is 8.39. The zero-order chi connectivity index (χ0) is 22.7. The van der Waals surface area contributed by atoms with E-state index < -0.39 is 5.60 Å². The van der Waals surface area contributed by atoms with Gasteiger partial charge in [0.1, 0.15) is 17.2 Å². The average molecular weight is 439 g/mol. The molecule has 0 amide bonds. The molecule has 0 radical (unpaired) electrons. The molecular formula is C27H26N4O2. The fourth-order valence-corrected chi connectivity index (χ4v) is 4.20. The van der Waals surface area contributed by atoms with E-state index in [0.29, 0.717) is 5.95 Å². The summed E-state index contributed by atoms with van der Waals surface area (Å²) in [5.74, 6) is 8.39. The number of hydrogen-bond acceptors (Lipinski definition) is 5. The molecule has 0 atom stereocenters. The van der Waals surface area contributed by atoms with E-state index >= 15 is 0 Å². The summed E-state index contributed by atoms with van der Waals surface area (Å²) >= 11 is 0. The predicted octanol–water partition coefficient (Wildman–Crippen LogP) is 5.22. The van der Waals surface area contributed by atoms with Crippen molar-refractivity contribution in [3.05, 3.63) is 72.6 Å². The number of nitrogens with zero attached hydrogens (tertiary/aromatic N) is 3. The van der Waals surface area contributed by atoms with Crippen molar-refractivity contribution in [1.82, 2.24) is 14.5 Å². The number of rotatable bonds is 4. The van der Waals surface area contributed by atoms with Crippen LogP contribution in [0.3, 0.4) is 0 Å². The Balaban J connectivity index is 1.43. The van der Waals surface area contributed by atoms with Gasteiger partial charge in [-0.05, 0) is 74.2 Å². The number of anilines is 2. The van der Waals surface area contributed by atoms with Crippen molar-refractivity contribution >= 4 is 22.5 Å². The summed E-state index contributed by atoms with van der Waals surface area (Å²) in [6, 6.07) is 17.7. The van der Waals surface area contributed by atoms with E-state index in [1.165, 1.54) is 6.42 Å². The number of aliphatic hydroxyl groups is 1. The van der Waals surface area contributed by atoms with E-state index in [2.05, 4.69) is 34.3 Å². The lowest BCUT2D eigenvalue weighted by Gasteiger charge is -2.26. The number of nitrogens with one attached hydrogen (secondary N) is 1. The number of hydrogen-bond donors (Lipinski definition) is 2. The van der Waals surface area contributed by atoms with Crippen molar-refractivity contribution in [2.45, 2.75) is 37.7 Å². The second-order valence-corrected chi connectivity index (χ2v) is 8.39. The molecule has 2 N–H and O–H groups in total. The van der Waals surface area contributed by atoms with Crippen LogP contribution in [0.4, 0.5) is 11.6 Å². The zero-order valence-corrected chi connectivity index (χ0v) is 18.6. The number of ether oxygens (including phenoxy) is 1. The Kier molecular flexibility index (Phi) is 5.72. The van der Waals surface area contributed by atoms with Gasteiger partial charge in [0.15, 0.2) is 0 Å². The van der Waals surface area contributed by atoms with Gasteiger partial charge in [0.25, 0.3) is 0 Å². The van der Waals surface area contributed by atoms with Crippen LogP contribution in [0, 0.1) is 11.8 Å². The lowest BCUT2D eigenvalue weighted by atomic mass is 9.85. The van der Waals surface area contributed by atoms with Crippen LogP contribution in [0.2, 0.25) is 0 Å². The Labute approximate surface area is 193 Å². The van der Waals surface area contributed by atoms with Gasteiger partial charge in [-0.2, -0.15) is 4.98 Å². The molecule has 0 unspecified atom stereocenters. The highest BCUT2D eigenvalue weighted by atomic mass is 16.5. The van der Waals surface area contributed by atoms with Gasteiger partial charge < -0.3 is 19.7 Å². The van der Waals surface area contributed by atoms with E-state index in [9.17, 15) is 5.11 Å². The normalized spacial score (nSPS) is 15.0. The van der Waals surface area contributed by atoms with Gasteiger partial charge in [-0.3, -0.25) is 0 Å². The highest BCUT2D eigenvalue weighted by Gasteiger charge is 2.26. The van der Waals surface area contributed by atoms with Crippen molar-refractivity contribution in [3.8, 4) is 23.4 Å². The first-order valence-electron chi connectivity index (χ1n) is 11.2. The van der Waals surface area contributed by atoms with Gasteiger partial charge in [-0.1, -0.05) is 24.3 Å². The molecule has 2 aromatic carbocycles. The smallest absolute Gasteiger partial charge is 0.229 e. The average Bonchev–Trinajstić information content (AvgIpc) is 3.27. The molecule has 1 aliphatic rings. The molecule has 1 saturated carbocycles. The quantitative estimate of drug-likeness (QED) is 0.428. The summed E-state index contributed by atoms with van der Waals surface area (Å²) in [6.07, 6.45) is 8.49. The van der Waals surface area contributed by atoms with Gasteiger partial charge in [-0.15, -0.1) is 0 Å². The Morgan fingerprint density at radius 1 is 1.03 bits per heavy atom. The molecule has 166 valence electrons. The van der Waals surface area contributed by atoms with Gasteiger partial charge >= 0.3 is 0 Å². The van der Waals surface area contributed by atoms with Crippen LogP contribution < -0.4 is 10.1 Å². The SMILES string of the molecule is COc1ccc(Nc2nccc(-n3ccc4ccc(C#CC5(O)CCCCC5)cc43)n2)cc1. The maximum Gasteiger partial charge on any atom is 0.229 e. The molecule has 1 aliphatic carbocycles. The summed E-state index contributed by atoms with van der Waals surface area (Å²) in [5.41, 5.74) is 1.91. The molecule has 0 aliphatic heterocycles. The minimum absolute atomic E-state index is 0.509. The predicted molar refractivity (Wildman–Crippen MR) is 130 cm³/mol. The van der Waals surface area contributed by atoms with Crippen LogP contribution in [-0.4, -0.2) is 32.4 Å². The molecule has 2 aromatic heterocycles. The Hall–Kier alpha value is -3.82. The minimum Gasteiger partial charge on any atom is -0.497 e. The van der Waals surface area contributed by atoms with E-state index in [-0.39, 0.29) is 0 Å². The zero-order valence-electron chi connectivity index (χ0n) is 18.6. The monoisotopic (exact) mass is 438 g/mol. The third-order valence-electron chi connectivity index (χ3n) is 6.05. The van der Waals surface area contributed by atoms with Crippen LogP contribution in [0.15, 0.2) is 67.0 Å². The summed E-state index contributed by atoms with van der Waals surface area (Å²) < 4.78 is 7.23. The van der Waals surface area contributed by atoms with E-state index in [4.69, 9.17) is 9.72 Å². The maximum absolute atomic E-state index is 10.7. The van der Waals surface area contributed by atoms with Gasteiger partial charge in [0.2, 0.25) is 5.95 Å². The largest absolute Gasteiger partial charge is 0.497 e. The summed E-state index contributed by atoms with van der Waals surface area (Å²) in [7, 11) is 1.64. The molecular weight excluding hydrogens is 412 g/mol. The lowest BCUT2D eigenvalue weighted by Crippen LogP contribution is -2.29. The third-order valence-corrected chi connectivity index (χ3v) is 6.05. The second kappa shape index (κ2) is 8.97. The van der Waals surface area contributed by atoms with Gasteiger partial charge in [0.05, 0.1) is 12.6 Å². The lowest BCUT2D eigenvalue weighted by molar-refractivity contribution is 0.0610. The topological polar surface area (TPSA) is 72.2 Å². The van der Waals surface area contributed by atoms with Crippen LogP contribution in [-0.2, 0) is 0 Å². The van der Waals surface area contributed by atoms with Crippen LogP contribution in [0.5, 0.6) is 5.75 Å². The Bertz CT molecular complexity index is 1330. The van der Waals surface area contributed by atoms with Crippen molar-refractivity contribution in [2.24, 2.45) is 0 Å². The standard InChI is InChI=1S/C27H26N4O2/c1-33-23-9-7-22(8-10-23)29-26-28-17-12-25(30-26)31-18-13-21-6-5-20(19-24(21)31)11-16-27(32)14-3-2-4-15-27/h5-10,12-13,17-19,32H,2-4,14-15H2,1H3,(H,28,29,30). The van der Waals surface area contributed by atoms with Crippen LogP contribution in [0.1, 0.15) is 37.7 Å². The first-order chi connectivity index (χ1) is 16.1. The van der Waals surface area contributed by atoms with Crippen molar-refractivity contribution in [1.29, 1.82) is 0 Å². The number of methoxy groups -OCH3 is 1. The summed E-state index contributed by atoms with van der Waals surface area (Å²) in [4.78, 5) is 9.05. The highest BCUT2D eigenvalue weighted by molar-refractivity contribution is 5.83. The van der Waals surface area contributed by atoms with Crippen LogP contribution in [0.25, 0.3) is 16.7 Å². The fourth-order valence-electron chi connectivity index (χ4n) is 4.20. The summed E-state index contributed by atoms with van der Waals surface area (Å²) in [6.45, 7) is 0.